The fourth-order valence-electron chi connectivity index (χ4n) is 1.65. The molecule has 0 amide bonds. The molecule has 7 heteroatoms. The van der Waals surface area contributed by atoms with Crippen LogP contribution in [0.4, 0.5) is 18.3 Å². The van der Waals surface area contributed by atoms with Crippen molar-refractivity contribution in [2.45, 2.75) is 19.0 Å². The topological polar surface area (TPSA) is 33.2 Å². The Morgan fingerprint density at radius 1 is 1.31 bits per heavy atom. The first-order valence-electron chi connectivity index (χ1n) is 4.80. The largest absolute Gasteiger partial charge is 0.434 e. The van der Waals surface area contributed by atoms with E-state index in [0.717, 1.165) is 24.2 Å². The molecular weight excluding hydrogens is 241 g/mol. The number of hydrogen-bond donors (Lipinski definition) is 0. The van der Waals surface area contributed by atoms with Gasteiger partial charge in [-0.05, 0) is 12.8 Å². The van der Waals surface area contributed by atoms with Gasteiger partial charge in [-0.1, -0.05) is 11.3 Å². The minimum absolute atomic E-state index is 0.222. The van der Waals surface area contributed by atoms with Gasteiger partial charge in [-0.25, -0.2) is 4.98 Å². The maximum atomic E-state index is 12.5. The molecule has 0 bridgehead atoms. The highest BCUT2D eigenvalue weighted by Gasteiger charge is 2.38. The summed E-state index contributed by atoms with van der Waals surface area (Å²) in [6, 6.07) is 0. The van der Waals surface area contributed by atoms with E-state index in [-0.39, 0.29) is 11.2 Å². The van der Waals surface area contributed by atoms with Gasteiger partial charge >= 0.3 is 6.18 Å². The number of aromatic nitrogens is 1. The molecule has 1 fully saturated rings. The van der Waals surface area contributed by atoms with Crippen molar-refractivity contribution in [3.05, 3.63) is 10.6 Å². The standard InChI is InChI=1S/C9H9F3N2OS/c10-9(11,12)7-6(5-15)16-8(13-7)14-3-1-2-4-14/h5H,1-4H2. The maximum Gasteiger partial charge on any atom is 0.434 e. The molecule has 1 saturated heterocycles. The number of thiazole rings is 1. The quantitative estimate of drug-likeness (QED) is 0.756. The SMILES string of the molecule is O=Cc1sc(N2CCCC2)nc1C(F)(F)F. The molecule has 0 aromatic carbocycles. The number of aldehydes is 1. The number of anilines is 1. The zero-order valence-electron chi connectivity index (χ0n) is 8.25. The number of alkyl halides is 3. The van der Waals surface area contributed by atoms with Crippen molar-refractivity contribution < 1.29 is 18.0 Å². The molecular formula is C9H9F3N2OS. The van der Waals surface area contributed by atoms with E-state index < -0.39 is 11.9 Å². The van der Waals surface area contributed by atoms with Crippen LogP contribution in [-0.4, -0.2) is 24.4 Å². The lowest BCUT2D eigenvalue weighted by atomic mass is 10.4. The molecule has 0 radical (unpaired) electrons. The third kappa shape index (κ3) is 2.04. The van der Waals surface area contributed by atoms with Gasteiger partial charge in [-0.15, -0.1) is 0 Å². The van der Waals surface area contributed by atoms with Crippen LogP contribution in [0.3, 0.4) is 0 Å². The molecule has 1 aliphatic rings. The minimum Gasteiger partial charge on any atom is -0.348 e. The second kappa shape index (κ2) is 4.04. The fraction of sp³-hybridized carbons (Fsp3) is 0.556. The first-order chi connectivity index (χ1) is 7.52. The van der Waals surface area contributed by atoms with E-state index in [4.69, 9.17) is 0 Å². The average molecular weight is 250 g/mol. The Labute approximate surface area is 93.9 Å². The number of nitrogens with zero attached hydrogens (tertiary/aromatic N) is 2. The van der Waals surface area contributed by atoms with Gasteiger partial charge in [0.2, 0.25) is 0 Å². The predicted octanol–water partition coefficient (Wildman–Crippen LogP) is 2.57. The van der Waals surface area contributed by atoms with Gasteiger partial charge in [0.25, 0.3) is 0 Å². The molecule has 0 saturated carbocycles. The summed E-state index contributed by atoms with van der Waals surface area (Å²) in [7, 11) is 0. The molecule has 1 aliphatic heterocycles. The summed E-state index contributed by atoms with van der Waals surface area (Å²) in [6.45, 7) is 1.42. The van der Waals surface area contributed by atoms with E-state index >= 15 is 0 Å². The summed E-state index contributed by atoms with van der Waals surface area (Å²) in [5, 5.41) is 0.298. The maximum absolute atomic E-state index is 12.5. The third-order valence-electron chi connectivity index (χ3n) is 2.39. The molecule has 2 rings (SSSR count). The molecule has 1 aromatic rings. The van der Waals surface area contributed by atoms with Gasteiger partial charge in [0.05, 0.1) is 0 Å². The minimum atomic E-state index is -4.55. The Kier molecular flexibility index (Phi) is 2.88. The lowest BCUT2D eigenvalue weighted by molar-refractivity contribution is -0.140. The molecule has 0 atom stereocenters. The number of halogens is 3. The van der Waals surface area contributed by atoms with E-state index in [1.54, 1.807) is 4.90 Å². The summed E-state index contributed by atoms with van der Waals surface area (Å²) >= 11 is 0.810. The van der Waals surface area contributed by atoms with Crippen molar-refractivity contribution >= 4 is 22.8 Å². The van der Waals surface area contributed by atoms with Crippen LogP contribution in [0.25, 0.3) is 0 Å². The van der Waals surface area contributed by atoms with Gasteiger partial charge in [0.15, 0.2) is 17.1 Å². The first kappa shape index (κ1) is 11.4. The number of carbonyl (C=O) groups is 1. The Balaban J connectivity index is 2.35. The molecule has 0 spiro atoms. The van der Waals surface area contributed by atoms with Crippen LogP contribution in [0.1, 0.15) is 28.2 Å². The summed E-state index contributed by atoms with van der Waals surface area (Å²) < 4.78 is 37.5. The Morgan fingerprint density at radius 3 is 2.38 bits per heavy atom. The van der Waals surface area contributed by atoms with Crippen LogP contribution in [0.15, 0.2) is 0 Å². The lowest BCUT2D eigenvalue weighted by Crippen LogP contribution is -2.17. The smallest absolute Gasteiger partial charge is 0.348 e. The molecule has 1 aromatic heterocycles. The summed E-state index contributed by atoms with van der Waals surface area (Å²) in [6.07, 6.45) is -2.42. The van der Waals surface area contributed by atoms with Crippen LogP contribution in [0, 0.1) is 0 Å². The first-order valence-corrected chi connectivity index (χ1v) is 5.62. The molecule has 0 unspecified atom stereocenters. The van der Waals surface area contributed by atoms with Crippen molar-refractivity contribution in [1.29, 1.82) is 0 Å². The van der Waals surface area contributed by atoms with E-state index in [2.05, 4.69) is 4.98 Å². The van der Waals surface area contributed by atoms with Crippen molar-refractivity contribution in [3.63, 3.8) is 0 Å². The monoisotopic (exact) mass is 250 g/mol. The zero-order valence-corrected chi connectivity index (χ0v) is 9.07. The van der Waals surface area contributed by atoms with Gasteiger partial charge < -0.3 is 4.90 Å². The highest BCUT2D eigenvalue weighted by molar-refractivity contribution is 7.17. The molecule has 16 heavy (non-hydrogen) atoms. The van der Waals surface area contributed by atoms with E-state index in [1.807, 2.05) is 0 Å². The molecule has 88 valence electrons. The zero-order chi connectivity index (χ0) is 11.8. The van der Waals surface area contributed by atoms with Gasteiger partial charge in [-0.3, -0.25) is 4.79 Å². The number of carbonyl (C=O) groups excluding carboxylic acids is 1. The highest BCUT2D eigenvalue weighted by Crippen LogP contribution is 2.37. The van der Waals surface area contributed by atoms with Crippen LogP contribution >= 0.6 is 11.3 Å². The predicted molar refractivity (Wildman–Crippen MR) is 54.0 cm³/mol. The normalized spacial score (nSPS) is 16.8. The lowest BCUT2D eigenvalue weighted by Gasteiger charge is -2.12. The van der Waals surface area contributed by atoms with Gasteiger partial charge in [0.1, 0.15) is 4.88 Å². The van der Waals surface area contributed by atoms with Crippen LogP contribution < -0.4 is 4.90 Å². The van der Waals surface area contributed by atoms with E-state index in [9.17, 15) is 18.0 Å². The summed E-state index contributed by atoms with van der Waals surface area (Å²) in [5.74, 6) is 0. The Hall–Kier alpha value is -1.11. The van der Waals surface area contributed by atoms with Gasteiger partial charge in [0, 0.05) is 13.1 Å². The molecule has 0 aliphatic carbocycles. The third-order valence-corrected chi connectivity index (χ3v) is 3.44. The van der Waals surface area contributed by atoms with Crippen LogP contribution in [-0.2, 0) is 6.18 Å². The molecule has 3 nitrogen and oxygen atoms in total. The van der Waals surface area contributed by atoms with Crippen LogP contribution in [0.5, 0.6) is 0 Å². The molecule has 2 heterocycles. The van der Waals surface area contributed by atoms with Crippen molar-refractivity contribution in [2.75, 3.05) is 18.0 Å². The second-order valence-electron chi connectivity index (χ2n) is 3.52. The second-order valence-corrected chi connectivity index (χ2v) is 4.53. The summed E-state index contributed by atoms with van der Waals surface area (Å²) in [4.78, 5) is 15.5. The Morgan fingerprint density at radius 2 is 1.94 bits per heavy atom. The fourth-order valence-corrected chi connectivity index (χ4v) is 2.60. The van der Waals surface area contributed by atoms with Gasteiger partial charge in [-0.2, -0.15) is 13.2 Å². The summed E-state index contributed by atoms with van der Waals surface area (Å²) in [5.41, 5.74) is -1.06. The van der Waals surface area contributed by atoms with E-state index in [1.165, 1.54) is 0 Å². The van der Waals surface area contributed by atoms with Crippen molar-refractivity contribution in [2.24, 2.45) is 0 Å². The average Bonchev–Trinajstić information content (AvgIpc) is 2.85. The number of rotatable bonds is 2. The van der Waals surface area contributed by atoms with E-state index in [0.29, 0.717) is 18.2 Å². The van der Waals surface area contributed by atoms with Crippen molar-refractivity contribution in [3.8, 4) is 0 Å². The highest BCUT2D eigenvalue weighted by atomic mass is 32.1. The molecule has 0 N–H and O–H groups in total. The van der Waals surface area contributed by atoms with Crippen LogP contribution in [0.2, 0.25) is 0 Å². The van der Waals surface area contributed by atoms with Crippen molar-refractivity contribution in [1.82, 2.24) is 4.98 Å². The number of hydrogen-bond acceptors (Lipinski definition) is 4. The Bertz CT molecular complexity index is 396.